The summed E-state index contributed by atoms with van der Waals surface area (Å²) in [6.07, 6.45) is 0. The van der Waals surface area contributed by atoms with Crippen LogP contribution in [0.1, 0.15) is 12.5 Å². The average molecular weight is 263 g/mol. The molecule has 1 heterocycles. The molecule has 3 N–H and O–H groups in total. The Morgan fingerprint density at radius 1 is 1.47 bits per heavy atom. The Bertz CT molecular complexity index is 488. The highest BCUT2D eigenvalue weighted by Crippen LogP contribution is 2.28. The van der Waals surface area contributed by atoms with E-state index in [9.17, 15) is 9.59 Å². The summed E-state index contributed by atoms with van der Waals surface area (Å²) < 4.78 is 5.27. The Hall–Kier alpha value is -2.08. The summed E-state index contributed by atoms with van der Waals surface area (Å²) in [6.45, 7) is 3.39. The molecule has 6 nitrogen and oxygen atoms in total. The van der Waals surface area contributed by atoms with Crippen LogP contribution in [0.15, 0.2) is 18.2 Å². The fourth-order valence-electron chi connectivity index (χ4n) is 1.82. The van der Waals surface area contributed by atoms with Gasteiger partial charge in [0.1, 0.15) is 5.75 Å². The molecule has 1 aromatic rings. The molecule has 0 fully saturated rings. The molecule has 0 aromatic heterocycles. The van der Waals surface area contributed by atoms with E-state index in [1.54, 1.807) is 0 Å². The van der Waals surface area contributed by atoms with Crippen molar-refractivity contribution in [2.45, 2.75) is 13.5 Å². The summed E-state index contributed by atoms with van der Waals surface area (Å²) in [7, 11) is 0. The summed E-state index contributed by atoms with van der Waals surface area (Å²) >= 11 is 0. The van der Waals surface area contributed by atoms with Gasteiger partial charge in [0.05, 0.1) is 12.2 Å². The summed E-state index contributed by atoms with van der Waals surface area (Å²) in [5.74, 6) is 0.490. The van der Waals surface area contributed by atoms with Crippen molar-refractivity contribution in [3.8, 4) is 5.75 Å². The Morgan fingerprint density at radius 2 is 2.32 bits per heavy atom. The van der Waals surface area contributed by atoms with E-state index in [2.05, 4.69) is 16.0 Å². The number of nitrogens with one attached hydrogen (secondary N) is 3. The van der Waals surface area contributed by atoms with E-state index in [-0.39, 0.29) is 25.0 Å². The maximum absolute atomic E-state index is 11.3. The van der Waals surface area contributed by atoms with E-state index < -0.39 is 0 Å². The number of rotatable bonds is 5. The zero-order valence-corrected chi connectivity index (χ0v) is 10.8. The number of benzene rings is 1. The minimum absolute atomic E-state index is 0.0305. The number of carbonyl (C=O) groups is 2. The van der Waals surface area contributed by atoms with E-state index in [1.165, 1.54) is 0 Å². The highest BCUT2D eigenvalue weighted by atomic mass is 16.5. The number of fused-ring (bicyclic) bond motifs is 1. The van der Waals surface area contributed by atoms with E-state index in [1.807, 2.05) is 25.1 Å². The van der Waals surface area contributed by atoms with Crippen LogP contribution in [0, 0.1) is 0 Å². The third-order valence-corrected chi connectivity index (χ3v) is 2.67. The monoisotopic (exact) mass is 263 g/mol. The van der Waals surface area contributed by atoms with Crippen molar-refractivity contribution in [3.05, 3.63) is 23.8 Å². The first-order valence-electron chi connectivity index (χ1n) is 6.22. The number of amides is 2. The predicted octanol–water partition coefficient (Wildman–Crippen LogP) is 0.243. The number of ether oxygens (including phenoxy) is 1. The minimum Gasteiger partial charge on any atom is -0.482 e. The van der Waals surface area contributed by atoms with Gasteiger partial charge in [-0.25, -0.2) is 0 Å². The molecule has 1 aliphatic rings. The first kappa shape index (κ1) is 13.4. The van der Waals surface area contributed by atoms with Gasteiger partial charge < -0.3 is 20.7 Å². The van der Waals surface area contributed by atoms with Crippen molar-refractivity contribution < 1.29 is 14.3 Å². The molecule has 2 amide bonds. The second-order valence-electron chi connectivity index (χ2n) is 4.22. The minimum atomic E-state index is -0.153. The molecular formula is C13H17N3O3. The summed E-state index contributed by atoms with van der Waals surface area (Å²) in [5, 5.41) is 8.50. The standard InChI is InChI=1S/C13H17N3O3/c1-2-15-12(17)7-14-6-9-3-4-11-10(5-9)16-13(18)8-19-11/h3-5,14H,2,6-8H2,1H3,(H,15,17)(H,16,18). The summed E-state index contributed by atoms with van der Waals surface area (Å²) in [5.41, 5.74) is 1.66. The predicted molar refractivity (Wildman–Crippen MR) is 71.0 cm³/mol. The third kappa shape index (κ3) is 3.69. The van der Waals surface area contributed by atoms with Crippen molar-refractivity contribution in [2.24, 2.45) is 0 Å². The van der Waals surface area contributed by atoms with Crippen LogP contribution in [0.2, 0.25) is 0 Å². The first-order valence-corrected chi connectivity index (χ1v) is 6.22. The number of carbonyl (C=O) groups excluding carboxylic acids is 2. The summed E-state index contributed by atoms with van der Waals surface area (Å²) in [6, 6.07) is 5.57. The molecule has 102 valence electrons. The van der Waals surface area contributed by atoms with Gasteiger partial charge in [0.2, 0.25) is 5.91 Å². The van der Waals surface area contributed by atoms with Gasteiger partial charge >= 0.3 is 0 Å². The molecule has 2 rings (SSSR count). The smallest absolute Gasteiger partial charge is 0.262 e. The number of likely N-dealkylation sites (N-methyl/N-ethyl adjacent to an activating group) is 1. The third-order valence-electron chi connectivity index (χ3n) is 2.67. The number of anilines is 1. The van der Waals surface area contributed by atoms with Crippen LogP contribution in [0.5, 0.6) is 5.75 Å². The average Bonchev–Trinajstić information content (AvgIpc) is 2.38. The van der Waals surface area contributed by atoms with Gasteiger partial charge in [0.15, 0.2) is 6.61 Å². The van der Waals surface area contributed by atoms with Crippen LogP contribution in [0.25, 0.3) is 0 Å². The van der Waals surface area contributed by atoms with E-state index in [0.717, 1.165) is 5.56 Å². The maximum Gasteiger partial charge on any atom is 0.262 e. The van der Waals surface area contributed by atoms with Crippen LogP contribution in [-0.4, -0.2) is 31.5 Å². The molecule has 0 saturated heterocycles. The van der Waals surface area contributed by atoms with Crippen molar-refractivity contribution >= 4 is 17.5 Å². The molecule has 0 aliphatic carbocycles. The van der Waals surface area contributed by atoms with E-state index in [4.69, 9.17) is 4.74 Å². The quantitative estimate of drug-likeness (QED) is 0.711. The lowest BCUT2D eigenvalue weighted by Gasteiger charge is -2.18. The first-order chi connectivity index (χ1) is 9.19. The molecule has 0 radical (unpaired) electrons. The lowest BCUT2D eigenvalue weighted by molar-refractivity contribution is -0.120. The molecule has 1 aliphatic heterocycles. The van der Waals surface area contributed by atoms with Crippen LogP contribution in [-0.2, 0) is 16.1 Å². The number of hydrogen-bond acceptors (Lipinski definition) is 4. The maximum atomic E-state index is 11.3. The van der Waals surface area contributed by atoms with Crippen LogP contribution < -0.4 is 20.7 Å². The zero-order chi connectivity index (χ0) is 13.7. The van der Waals surface area contributed by atoms with Crippen LogP contribution in [0.4, 0.5) is 5.69 Å². The van der Waals surface area contributed by atoms with Gasteiger partial charge in [-0.3, -0.25) is 9.59 Å². The number of hydrogen-bond donors (Lipinski definition) is 3. The Kier molecular flexibility index (Phi) is 4.35. The van der Waals surface area contributed by atoms with Crippen molar-refractivity contribution in [1.82, 2.24) is 10.6 Å². The normalized spacial score (nSPS) is 13.2. The second kappa shape index (κ2) is 6.19. The second-order valence-corrected chi connectivity index (χ2v) is 4.22. The lowest BCUT2D eigenvalue weighted by Crippen LogP contribution is -2.33. The summed E-state index contributed by atoms with van der Waals surface area (Å²) in [4.78, 5) is 22.5. The molecule has 0 spiro atoms. The fraction of sp³-hybridized carbons (Fsp3) is 0.385. The molecule has 0 bridgehead atoms. The molecule has 6 heteroatoms. The van der Waals surface area contributed by atoms with E-state index >= 15 is 0 Å². The molecule has 1 aromatic carbocycles. The molecule has 0 atom stereocenters. The Balaban J connectivity index is 1.89. The Morgan fingerprint density at radius 3 is 3.11 bits per heavy atom. The SMILES string of the molecule is CCNC(=O)CNCc1ccc2c(c1)NC(=O)CO2. The Labute approximate surface area is 111 Å². The molecule has 19 heavy (non-hydrogen) atoms. The van der Waals surface area contributed by atoms with E-state index in [0.29, 0.717) is 24.5 Å². The van der Waals surface area contributed by atoms with Gasteiger partial charge in [-0.15, -0.1) is 0 Å². The molecular weight excluding hydrogens is 246 g/mol. The molecule has 0 saturated carbocycles. The zero-order valence-electron chi connectivity index (χ0n) is 10.8. The lowest BCUT2D eigenvalue weighted by atomic mass is 10.1. The van der Waals surface area contributed by atoms with Crippen molar-refractivity contribution in [3.63, 3.8) is 0 Å². The van der Waals surface area contributed by atoms with Gasteiger partial charge in [-0.1, -0.05) is 6.07 Å². The topological polar surface area (TPSA) is 79.5 Å². The van der Waals surface area contributed by atoms with Crippen LogP contribution >= 0.6 is 0 Å². The highest BCUT2D eigenvalue weighted by molar-refractivity contribution is 5.95. The van der Waals surface area contributed by atoms with Crippen LogP contribution in [0.3, 0.4) is 0 Å². The van der Waals surface area contributed by atoms with Crippen molar-refractivity contribution in [2.75, 3.05) is 25.0 Å². The largest absolute Gasteiger partial charge is 0.482 e. The fourth-order valence-corrected chi connectivity index (χ4v) is 1.82. The van der Waals surface area contributed by atoms with Gasteiger partial charge in [-0.2, -0.15) is 0 Å². The molecule has 0 unspecified atom stereocenters. The van der Waals surface area contributed by atoms with Gasteiger partial charge in [0.25, 0.3) is 5.91 Å². The van der Waals surface area contributed by atoms with Gasteiger partial charge in [-0.05, 0) is 24.6 Å². The highest BCUT2D eigenvalue weighted by Gasteiger charge is 2.15. The van der Waals surface area contributed by atoms with Crippen molar-refractivity contribution in [1.29, 1.82) is 0 Å². The van der Waals surface area contributed by atoms with Gasteiger partial charge in [0, 0.05) is 13.1 Å².